The first kappa shape index (κ1) is 19.3. The number of para-hydroxylation sites is 1. The van der Waals surface area contributed by atoms with Crippen molar-refractivity contribution in [1.82, 2.24) is 9.58 Å². The van der Waals surface area contributed by atoms with E-state index in [0.717, 1.165) is 38.5 Å². The van der Waals surface area contributed by atoms with Gasteiger partial charge in [0.05, 0.1) is 18.1 Å². The van der Waals surface area contributed by atoms with Crippen LogP contribution in [0.4, 0.5) is 0 Å². The number of hydrazone groups is 1. The third-order valence-corrected chi connectivity index (χ3v) is 8.44. The Hall–Kier alpha value is -3.18. The van der Waals surface area contributed by atoms with Gasteiger partial charge in [0, 0.05) is 34.2 Å². The van der Waals surface area contributed by atoms with Crippen LogP contribution in [0, 0.1) is 35.5 Å². The van der Waals surface area contributed by atoms with Gasteiger partial charge in [-0.25, -0.2) is 0 Å². The van der Waals surface area contributed by atoms with Crippen molar-refractivity contribution in [2.24, 2.45) is 40.6 Å². The third-order valence-electron chi connectivity index (χ3n) is 8.07. The molecule has 0 unspecified atom stereocenters. The normalized spacial score (nSPS) is 31.6. The highest BCUT2D eigenvalue weighted by Crippen LogP contribution is 2.65. The van der Waals surface area contributed by atoms with Gasteiger partial charge in [-0.15, -0.1) is 0 Å². The summed E-state index contributed by atoms with van der Waals surface area (Å²) in [6.07, 6.45) is 9.19. The van der Waals surface area contributed by atoms with E-state index in [4.69, 9.17) is 11.6 Å². The first-order valence-corrected chi connectivity index (χ1v) is 11.9. The molecule has 2 heterocycles. The average molecular weight is 456 g/mol. The summed E-state index contributed by atoms with van der Waals surface area (Å²) in [6.45, 7) is 0.623. The van der Waals surface area contributed by atoms with Crippen LogP contribution >= 0.6 is 11.6 Å². The van der Waals surface area contributed by atoms with Gasteiger partial charge >= 0.3 is 0 Å². The zero-order chi connectivity index (χ0) is 22.3. The molecule has 2 amide bonds. The minimum atomic E-state index is -0.227. The Morgan fingerprint density at radius 3 is 2.33 bits per heavy atom. The molecule has 1 aliphatic heterocycles. The van der Waals surface area contributed by atoms with E-state index in [9.17, 15) is 9.59 Å². The van der Waals surface area contributed by atoms with Gasteiger partial charge in [-0.05, 0) is 47.8 Å². The molecule has 3 fully saturated rings. The van der Waals surface area contributed by atoms with Gasteiger partial charge in [0.15, 0.2) is 0 Å². The van der Waals surface area contributed by atoms with Crippen LogP contribution in [0.15, 0.2) is 72.0 Å². The number of aromatic nitrogens is 1. The molecule has 0 spiro atoms. The number of carbonyl (C=O) groups excluding carboxylic acids is 2. The van der Waals surface area contributed by atoms with E-state index >= 15 is 0 Å². The molecule has 8 rings (SSSR count). The number of allylic oxidation sites excluding steroid dienone is 2. The van der Waals surface area contributed by atoms with Crippen LogP contribution in [0.5, 0.6) is 0 Å². The Labute approximate surface area is 196 Å². The van der Waals surface area contributed by atoms with Crippen LogP contribution < -0.4 is 0 Å². The first-order valence-electron chi connectivity index (χ1n) is 11.5. The van der Waals surface area contributed by atoms with Crippen LogP contribution in [0.3, 0.4) is 0 Å². The fourth-order valence-corrected chi connectivity index (χ4v) is 6.69. The summed E-state index contributed by atoms with van der Waals surface area (Å²) in [5, 5.41) is 7.34. The summed E-state index contributed by atoms with van der Waals surface area (Å²) in [7, 11) is 0. The fraction of sp³-hybridized carbons (Fsp3) is 0.296. The summed E-state index contributed by atoms with van der Waals surface area (Å²) in [5.41, 5.74) is 2.95. The topological polar surface area (TPSA) is 54.7 Å². The number of rotatable bonds is 4. The summed E-state index contributed by atoms with van der Waals surface area (Å²) in [6, 6.07) is 15.9. The molecule has 0 radical (unpaired) electrons. The smallest absolute Gasteiger partial charge is 0.254 e. The fourth-order valence-electron chi connectivity index (χ4n) is 6.49. The Bertz CT molecular complexity index is 1350. The van der Waals surface area contributed by atoms with Crippen molar-refractivity contribution in [3.05, 3.63) is 83.0 Å². The van der Waals surface area contributed by atoms with E-state index < -0.39 is 0 Å². The second-order valence-electron chi connectivity index (χ2n) is 9.71. The van der Waals surface area contributed by atoms with Crippen LogP contribution in [-0.4, -0.2) is 27.6 Å². The van der Waals surface area contributed by atoms with Gasteiger partial charge in [0.1, 0.15) is 0 Å². The molecule has 2 aromatic carbocycles. The average Bonchev–Trinajstić information content (AvgIpc) is 3.54. The van der Waals surface area contributed by atoms with Crippen molar-refractivity contribution < 1.29 is 9.59 Å². The molecule has 6 heteroatoms. The lowest BCUT2D eigenvalue weighted by atomic mass is 9.63. The number of carbonyl (C=O) groups is 2. The maximum absolute atomic E-state index is 13.2. The molecule has 164 valence electrons. The monoisotopic (exact) mass is 455 g/mol. The van der Waals surface area contributed by atoms with E-state index in [2.05, 4.69) is 27.9 Å². The number of amides is 2. The highest BCUT2D eigenvalue weighted by atomic mass is 35.5. The second-order valence-corrected chi connectivity index (χ2v) is 10.1. The molecule has 1 aromatic heterocycles. The molecule has 6 atom stereocenters. The van der Waals surface area contributed by atoms with E-state index in [-0.39, 0.29) is 35.5 Å². The molecule has 0 N–H and O–H groups in total. The Kier molecular flexibility index (Phi) is 4.04. The van der Waals surface area contributed by atoms with Crippen LogP contribution in [-0.2, 0) is 16.1 Å². The Morgan fingerprint density at radius 1 is 0.939 bits per heavy atom. The Balaban J connectivity index is 1.22. The van der Waals surface area contributed by atoms with E-state index in [1.54, 1.807) is 6.21 Å². The Morgan fingerprint density at radius 2 is 1.61 bits per heavy atom. The quantitative estimate of drug-likeness (QED) is 0.324. The number of nitrogens with zero attached hydrogens (tertiary/aromatic N) is 3. The summed E-state index contributed by atoms with van der Waals surface area (Å²) in [4.78, 5) is 26.4. The van der Waals surface area contributed by atoms with E-state index in [1.165, 1.54) is 0 Å². The second kappa shape index (κ2) is 6.91. The lowest BCUT2D eigenvalue weighted by Gasteiger charge is -2.37. The third kappa shape index (κ3) is 2.75. The summed E-state index contributed by atoms with van der Waals surface area (Å²) >= 11 is 6.39. The van der Waals surface area contributed by atoms with E-state index in [0.29, 0.717) is 18.4 Å². The zero-order valence-electron chi connectivity index (χ0n) is 17.8. The van der Waals surface area contributed by atoms with Crippen molar-refractivity contribution in [2.75, 3.05) is 0 Å². The van der Waals surface area contributed by atoms with Crippen molar-refractivity contribution in [2.45, 2.75) is 13.0 Å². The number of benzene rings is 2. The van der Waals surface area contributed by atoms with Crippen molar-refractivity contribution in [3.8, 4) is 0 Å². The minimum Gasteiger partial charge on any atom is -0.342 e. The molecule has 5 aliphatic rings. The number of hydrogen-bond donors (Lipinski definition) is 0. The van der Waals surface area contributed by atoms with Crippen molar-refractivity contribution in [3.63, 3.8) is 0 Å². The van der Waals surface area contributed by atoms with Crippen molar-refractivity contribution >= 4 is 40.5 Å². The lowest BCUT2D eigenvalue weighted by Crippen LogP contribution is -2.40. The predicted molar refractivity (Wildman–Crippen MR) is 127 cm³/mol. The molecule has 4 aliphatic carbocycles. The van der Waals surface area contributed by atoms with Gasteiger partial charge < -0.3 is 4.57 Å². The predicted octanol–water partition coefficient (Wildman–Crippen LogP) is 4.73. The largest absolute Gasteiger partial charge is 0.342 e. The van der Waals surface area contributed by atoms with E-state index in [1.807, 2.05) is 48.7 Å². The maximum atomic E-state index is 13.2. The van der Waals surface area contributed by atoms with Gasteiger partial charge in [0.25, 0.3) is 11.8 Å². The van der Waals surface area contributed by atoms with Gasteiger partial charge in [-0.3, -0.25) is 9.59 Å². The van der Waals surface area contributed by atoms with Gasteiger partial charge in [-0.1, -0.05) is 60.2 Å². The highest BCUT2D eigenvalue weighted by Gasteiger charge is 2.67. The highest BCUT2D eigenvalue weighted by molar-refractivity contribution is 6.31. The molecule has 33 heavy (non-hydrogen) atoms. The molecule has 2 bridgehead atoms. The summed E-state index contributed by atoms with van der Waals surface area (Å²) < 4.78 is 2.13. The lowest BCUT2D eigenvalue weighted by molar-refractivity contribution is -0.140. The molecule has 1 saturated heterocycles. The molecular formula is C27H22ClN3O2. The number of imide groups is 1. The van der Waals surface area contributed by atoms with Crippen LogP contribution in [0.1, 0.15) is 17.5 Å². The number of hydrogen-bond acceptors (Lipinski definition) is 3. The number of halogens is 1. The SMILES string of the molecule is O=C1[C@@H]2[C@H]3C=C[C@@H]([C@@H]4C[C@H]34)[C@@H]2C(=O)N1/N=C\c1cn(Cc2ccccc2Cl)c2ccccc12. The van der Waals surface area contributed by atoms with Gasteiger partial charge in [-0.2, -0.15) is 10.1 Å². The summed E-state index contributed by atoms with van der Waals surface area (Å²) in [5.74, 6) is 0.870. The molecule has 3 aromatic rings. The number of fused-ring (bicyclic) bond motifs is 1. The van der Waals surface area contributed by atoms with Crippen LogP contribution in [0.25, 0.3) is 10.9 Å². The molecule has 2 saturated carbocycles. The first-order chi connectivity index (χ1) is 16.1. The van der Waals surface area contributed by atoms with Crippen molar-refractivity contribution in [1.29, 1.82) is 0 Å². The zero-order valence-corrected chi connectivity index (χ0v) is 18.6. The molecular weight excluding hydrogens is 434 g/mol. The standard InChI is InChI=1S/C27H22ClN3O2/c28-22-7-3-1-5-15(22)13-30-14-16(17-6-2-4-8-23(17)30)12-29-31-26(32)24-18-9-10-19(21-11-20(18)21)25(24)27(31)33/h1-10,12,14,18-21,24-25H,11,13H2/b29-12-/t18-,19-,20-,21+,24-,25+/m0/s1. The van der Waals surface area contributed by atoms with Gasteiger partial charge in [0.2, 0.25) is 0 Å². The maximum Gasteiger partial charge on any atom is 0.254 e. The molecule has 5 nitrogen and oxygen atoms in total. The van der Waals surface area contributed by atoms with Crippen LogP contribution in [0.2, 0.25) is 5.02 Å². The minimum absolute atomic E-state index is 0.134.